The Morgan fingerprint density at radius 2 is 2.28 bits per heavy atom. The zero-order chi connectivity index (χ0) is 13.1. The largest absolute Gasteiger partial charge is 0.333 e. The van der Waals surface area contributed by atoms with Crippen molar-refractivity contribution >= 4 is 11.6 Å². The Labute approximate surface area is 110 Å². The second kappa shape index (κ2) is 5.50. The zero-order valence-electron chi connectivity index (χ0n) is 10.1. The Hall–Kier alpha value is -1.39. The summed E-state index contributed by atoms with van der Waals surface area (Å²) in [6, 6.07) is 4.74. The van der Waals surface area contributed by atoms with Crippen LogP contribution in [0.5, 0.6) is 0 Å². The smallest absolute Gasteiger partial charge is 0.129 e. The highest BCUT2D eigenvalue weighted by Gasteiger charge is 2.08. The average molecular weight is 268 g/mol. The Balaban J connectivity index is 2.16. The number of aromatic nitrogens is 2. The van der Waals surface area contributed by atoms with Crippen molar-refractivity contribution in [3.63, 3.8) is 0 Å². The van der Waals surface area contributed by atoms with Gasteiger partial charge in [0, 0.05) is 29.2 Å². The fraction of sp³-hybridized carbons (Fsp3) is 0.308. The van der Waals surface area contributed by atoms with Gasteiger partial charge in [-0.3, -0.25) is 0 Å². The van der Waals surface area contributed by atoms with Crippen molar-refractivity contribution in [1.29, 1.82) is 0 Å². The third kappa shape index (κ3) is 3.09. The van der Waals surface area contributed by atoms with Crippen LogP contribution in [0.2, 0.25) is 5.02 Å². The molecule has 0 aliphatic carbocycles. The van der Waals surface area contributed by atoms with Crippen LogP contribution in [0.1, 0.15) is 18.2 Å². The van der Waals surface area contributed by atoms with Gasteiger partial charge in [0.15, 0.2) is 0 Å². The maximum atomic E-state index is 13.6. The van der Waals surface area contributed by atoms with E-state index in [1.54, 1.807) is 18.5 Å². The molecule has 0 bridgehead atoms. The molecule has 0 aliphatic heterocycles. The van der Waals surface area contributed by atoms with E-state index < -0.39 is 0 Å². The van der Waals surface area contributed by atoms with E-state index in [-0.39, 0.29) is 11.9 Å². The van der Waals surface area contributed by atoms with Crippen LogP contribution < -0.4 is 5.73 Å². The highest BCUT2D eigenvalue weighted by molar-refractivity contribution is 6.31. The highest BCUT2D eigenvalue weighted by atomic mass is 35.5. The molecule has 0 fully saturated rings. The zero-order valence-corrected chi connectivity index (χ0v) is 10.9. The summed E-state index contributed by atoms with van der Waals surface area (Å²) in [5, 5.41) is 0.428. The normalized spacial score (nSPS) is 12.7. The van der Waals surface area contributed by atoms with Gasteiger partial charge in [-0.2, -0.15) is 0 Å². The molecule has 0 radical (unpaired) electrons. The van der Waals surface area contributed by atoms with E-state index >= 15 is 0 Å². The van der Waals surface area contributed by atoms with E-state index in [2.05, 4.69) is 4.98 Å². The van der Waals surface area contributed by atoms with E-state index in [9.17, 15) is 4.39 Å². The second-order valence-electron chi connectivity index (χ2n) is 4.42. The number of imidazole rings is 1. The Bertz CT molecular complexity index is 517. The van der Waals surface area contributed by atoms with Gasteiger partial charge in [0.1, 0.15) is 5.82 Å². The van der Waals surface area contributed by atoms with Crippen LogP contribution in [-0.2, 0) is 13.0 Å². The molecule has 96 valence electrons. The van der Waals surface area contributed by atoms with E-state index in [1.807, 2.05) is 17.7 Å². The van der Waals surface area contributed by atoms with Crippen LogP contribution in [0.25, 0.3) is 0 Å². The van der Waals surface area contributed by atoms with Crippen LogP contribution in [0.3, 0.4) is 0 Å². The van der Waals surface area contributed by atoms with E-state index in [4.69, 9.17) is 17.3 Å². The van der Waals surface area contributed by atoms with Gasteiger partial charge in [-0.1, -0.05) is 17.7 Å². The molecule has 1 heterocycles. The summed E-state index contributed by atoms with van der Waals surface area (Å²) in [5.74, 6) is -0.301. The molecule has 0 saturated carbocycles. The van der Waals surface area contributed by atoms with Crippen molar-refractivity contribution in [3.05, 3.63) is 52.8 Å². The van der Waals surface area contributed by atoms with Crippen LogP contribution in [0, 0.1) is 5.82 Å². The van der Waals surface area contributed by atoms with Crippen molar-refractivity contribution in [2.75, 3.05) is 0 Å². The summed E-state index contributed by atoms with van der Waals surface area (Å²) in [7, 11) is 0. The van der Waals surface area contributed by atoms with E-state index in [0.29, 0.717) is 23.6 Å². The molecule has 0 saturated heterocycles. The van der Waals surface area contributed by atoms with Gasteiger partial charge in [-0.25, -0.2) is 9.37 Å². The minimum atomic E-state index is -0.301. The summed E-state index contributed by atoms with van der Waals surface area (Å²) in [4.78, 5) is 4.23. The molecule has 1 unspecified atom stereocenters. The van der Waals surface area contributed by atoms with Gasteiger partial charge in [0.25, 0.3) is 0 Å². The van der Waals surface area contributed by atoms with E-state index in [1.165, 1.54) is 6.07 Å². The molecular formula is C13H15ClFN3. The summed E-state index contributed by atoms with van der Waals surface area (Å²) in [6.07, 6.45) is 4.24. The minimum Gasteiger partial charge on any atom is -0.333 e. The number of hydrogen-bond donors (Lipinski definition) is 1. The lowest BCUT2D eigenvalue weighted by Crippen LogP contribution is -2.17. The van der Waals surface area contributed by atoms with Crippen LogP contribution in [-0.4, -0.2) is 15.6 Å². The van der Waals surface area contributed by atoms with Gasteiger partial charge in [-0.05, 0) is 19.1 Å². The fourth-order valence-electron chi connectivity index (χ4n) is 1.79. The first-order chi connectivity index (χ1) is 8.56. The second-order valence-corrected chi connectivity index (χ2v) is 4.83. The Morgan fingerprint density at radius 3 is 2.94 bits per heavy atom. The van der Waals surface area contributed by atoms with Crippen molar-refractivity contribution in [3.8, 4) is 0 Å². The maximum Gasteiger partial charge on any atom is 0.129 e. The number of nitrogens with two attached hydrogens (primary N) is 1. The molecule has 0 amide bonds. The molecule has 2 N–H and O–H groups in total. The number of benzene rings is 1. The first-order valence-electron chi connectivity index (χ1n) is 5.75. The number of halogens is 2. The van der Waals surface area contributed by atoms with Crippen molar-refractivity contribution in [1.82, 2.24) is 9.55 Å². The quantitative estimate of drug-likeness (QED) is 0.925. The third-order valence-corrected chi connectivity index (χ3v) is 2.97. The Morgan fingerprint density at radius 1 is 1.50 bits per heavy atom. The minimum absolute atomic E-state index is 0.0606. The van der Waals surface area contributed by atoms with Crippen LogP contribution in [0.4, 0.5) is 4.39 Å². The van der Waals surface area contributed by atoms with Gasteiger partial charge in [0.05, 0.1) is 18.6 Å². The summed E-state index contributed by atoms with van der Waals surface area (Å²) >= 11 is 5.98. The summed E-state index contributed by atoms with van der Waals surface area (Å²) in [6.45, 7) is 2.30. The van der Waals surface area contributed by atoms with Gasteiger partial charge in [-0.15, -0.1) is 0 Å². The van der Waals surface area contributed by atoms with Crippen molar-refractivity contribution in [2.24, 2.45) is 5.73 Å². The Kier molecular flexibility index (Phi) is 3.99. The molecule has 2 rings (SSSR count). The maximum absolute atomic E-state index is 13.6. The van der Waals surface area contributed by atoms with E-state index in [0.717, 1.165) is 5.69 Å². The topological polar surface area (TPSA) is 43.8 Å². The monoisotopic (exact) mass is 267 g/mol. The SMILES string of the molecule is CC(N)Cc1cn(Cc2c(F)cccc2Cl)cn1. The standard InChI is InChI=1S/C13H15ClFN3/c1-9(16)5-10-6-18(8-17-10)7-11-12(14)3-2-4-13(11)15/h2-4,6,8-9H,5,7,16H2,1H3. The molecule has 2 aromatic rings. The average Bonchev–Trinajstić information content (AvgIpc) is 2.70. The highest BCUT2D eigenvalue weighted by Crippen LogP contribution is 2.20. The fourth-order valence-corrected chi connectivity index (χ4v) is 2.02. The number of hydrogen-bond acceptors (Lipinski definition) is 2. The molecule has 0 spiro atoms. The van der Waals surface area contributed by atoms with Crippen LogP contribution in [0.15, 0.2) is 30.7 Å². The lowest BCUT2D eigenvalue weighted by atomic mass is 10.2. The van der Waals surface area contributed by atoms with Gasteiger partial charge >= 0.3 is 0 Å². The molecule has 0 aliphatic rings. The predicted octanol–water partition coefficient (Wildman–Crippen LogP) is 2.61. The predicted molar refractivity (Wildman–Crippen MR) is 70.1 cm³/mol. The lowest BCUT2D eigenvalue weighted by molar-refractivity contribution is 0.599. The molecule has 18 heavy (non-hydrogen) atoms. The summed E-state index contributed by atoms with van der Waals surface area (Å²) in [5.41, 5.74) is 7.08. The molecule has 1 atom stereocenters. The van der Waals surface area contributed by atoms with Crippen molar-refractivity contribution in [2.45, 2.75) is 25.9 Å². The lowest BCUT2D eigenvalue weighted by Gasteiger charge is -2.06. The van der Waals surface area contributed by atoms with Crippen LogP contribution >= 0.6 is 11.6 Å². The summed E-state index contributed by atoms with van der Waals surface area (Å²) < 4.78 is 15.4. The first-order valence-corrected chi connectivity index (χ1v) is 6.13. The molecule has 3 nitrogen and oxygen atoms in total. The van der Waals surface area contributed by atoms with Crippen molar-refractivity contribution < 1.29 is 4.39 Å². The molecule has 5 heteroatoms. The third-order valence-electron chi connectivity index (χ3n) is 2.62. The van der Waals surface area contributed by atoms with Gasteiger partial charge < -0.3 is 10.3 Å². The molecule has 1 aromatic carbocycles. The molecule has 1 aromatic heterocycles. The molecular weight excluding hydrogens is 253 g/mol. The first kappa shape index (κ1) is 13.1. The number of rotatable bonds is 4. The van der Waals surface area contributed by atoms with Gasteiger partial charge in [0.2, 0.25) is 0 Å². The number of nitrogens with zero attached hydrogens (tertiary/aromatic N) is 2.